The molecular weight excluding hydrogens is 631 g/mol. The second kappa shape index (κ2) is 13.1. The summed E-state index contributed by atoms with van der Waals surface area (Å²) in [5.41, 5.74) is 3.33. The van der Waals surface area contributed by atoms with E-state index < -0.39 is 12.2 Å². The molecule has 0 aliphatic carbocycles. The zero-order valence-corrected chi connectivity index (χ0v) is 27.8. The van der Waals surface area contributed by atoms with E-state index in [4.69, 9.17) is 61.1 Å². The molecule has 10 heteroatoms. The fourth-order valence-corrected chi connectivity index (χ4v) is 6.66. The number of hydrogen-bond acceptors (Lipinski definition) is 8. The maximum atomic E-state index is 7.04. The van der Waals surface area contributed by atoms with E-state index in [1.807, 2.05) is 54.6 Å². The van der Waals surface area contributed by atoms with Gasteiger partial charge in [-0.1, -0.05) is 59.6 Å². The summed E-state index contributed by atoms with van der Waals surface area (Å²) in [5.74, 6) is 3.18. The third-order valence-electron chi connectivity index (χ3n) is 8.48. The lowest BCUT2D eigenvalue weighted by molar-refractivity contribution is -0.0138. The van der Waals surface area contributed by atoms with Gasteiger partial charge in [0.25, 0.3) is 0 Å². The zero-order chi connectivity index (χ0) is 32.5. The molecule has 4 aromatic rings. The number of rotatable bonds is 9. The van der Waals surface area contributed by atoms with Gasteiger partial charge in [-0.25, -0.2) is 0 Å². The first-order valence-corrected chi connectivity index (χ1v) is 15.3. The largest absolute Gasteiger partial charge is 0.496 e. The lowest BCUT2D eigenvalue weighted by Gasteiger charge is -2.47. The van der Waals surface area contributed by atoms with E-state index in [9.17, 15) is 0 Å². The zero-order valence-electron chi connectivity index (χ0n) is 26.3. The molecule has 240 valence electrons. The molecule has 0 fully saturated rings. The molecule has 46 heavy (non-hydrogen) atoms. The molecule has 2 heterocycles. The van der Waals surface area contributed by atoms with Crippen LogP contribution in [-0.2, 0) is 0 Å². The van der Waals surface area contributed by atoms with Crippen molar-refractivity contribution in [1.82, 2.24) is 0 Å². The van der Waals surface area contributed by atoms with Crippen molar-refractivity contribution in [3.8, 4) is 46.0 Å². The fourth-order valence-electron chi connectivity index (χ4n) is 6.41. The first-order valence-electron chi connectivity index (χ1n) is 14.6. The summed E-state index contributed by atoms with van der Waals surface area (Å²) in [6.07, 6.45) is 3.05. The lowest BCUT2D eigenvalue weighted by atomic mass is 9.70. The van der Waals surface area contributed by atoms with Crippen LogP contribution in [0.4, 0.5) is 0 Å². The highest BCUT2D eigenvalue weighted by Crippen LogP contribution is 2.65. The van der Waals surface area contributed by atoms with Gasteiger partial charge in [0.2, 0.25) is 11.5 Å². The summed E-state index contributed by atoms with van der Waals surface area (Å²) in [6, 6.07) is 18.8. The molecule has 4 atom stereocenters. The molecular formula is C36H34Cl2O8. The Hall–Kier alpha value is -4.40. The average molecular weight is 666 g/mol. The minimum Gasteiger partial charge on any atom is -0.496 e. The number of benzene rings is 4. The van der Waals surface area contributed by atoms with Crippen LogP contribution in [0.25, 0.3) is 6.08 Å². The number of methoxy groups -OCH3 is 6. The maximum absolute atomic E-state index is 7.04. The van der Waals surface area contributed by atoms with Gasteiger partial charge in [-0.15, -0.1) is 0 Å². The highest BCUT2D eigenvalue weighted by Gasteiger charge is 2.53. The van der Waals surface area contributed by atoms with E-state index in [1.54, 1.807) is 48.7 Å². The van der Waals surface area contributed by atoms with Gasteiger partial charge in [0, 0.05) is 33.7 Å². The summed E-state index contributed by atoms with van der Waals surface area (Å²) in [6.45, 7) is 0. The van der Waals surface area contributed by atoms with Gasteiger partial charge in [0.1, 0.15) is 23.7 Å². The van der Waals surface area contributed by atoms with Crippen molar-refractivity contribution in [1.29, 1.82) is 0 Å². The quantitative estimate of drug-likeness (QED) is 0.176. The predicted molar refractivity (Wildman–Crippen MR) is 177 cm³/mol. The summed E-state index contributed by atoms with van der Waals surface area (Å²) in [4.78, 5) is 0. The Balaban J connectivity index is 1.68. The molecule has 2 aliphatic rings. The Kier molecular flexibility index (Phi) is 9.02. The molecule has 0 unspecified atom stereocenters. The van der Waals surface area contributed by atoms with Crippen LogP contribution in [0, 0.1) is 5.92 Å². The van der Waals surface area contributed by atoms with Gasteiger partial charge in [0.05, 0.1) is 54.1 Å². The molecule has 8 nitrogen and oxygen atoms in total. The number of hydrogen-bond donors (Lipinski definition) is 0. The van der Waals surface area contributed by atoms with Crippen molar-refractivity contribution in [2.75, 3.05) is 42.7 Å². The Bertz CT molecular complexity index is 1750. The maximum Gasteiger partial charge on any atom is 0.204 e. The van der Waals surface area contributed by atoms with E-state index >= 15 is 0 Å². The Morgan fingerprint density at radius 1 is 0.565 bits per heavy atom. The highest BCUT2D eigenvalue weighted by atomic mass is 35.5. The third-order valence-corrected chi connectivity index (χ3v) is 8.98. The van der Waals surface area contributed by atoms with Gasteiger partial charge in [-0.2, -0.15) is 0 Å². The van der Waals surface area contributed by atoms with E-state index in [1.165, 1.54) is 0 Å². The van der Waals surface area contributed by atoms with E-state index in [2.05, 4.69) is 12.2 Å². The van der Waals surface area contributed by atoms with Crippen molar-refractivity contribution in [3.05, 3.63) is 99.0 Å². The summed E-state index contributed by atoms with van der Waals surface area (Å²) in [7, 11) is 9.53. The van der Waals surface area contributed by atoms with E-state index in [0.29, 0.717) is 61.6 Å². The minimum atomic E-state index is -0.614. The van der Waals surface area contributed by atoms with Crippen LogP contribution in [0.2, 0.25) is 10.0 Å². The van der Waals surface area contributed by atoms with Crippen molar-refractivity contribution >= 4 is 29.3 Å². The van der Waals surface area contributed by atoms with Crippen molar-refractivity contribution in [2.24, 2.45) is 5.92 Å². The highest BCUT2D eigenvalue weighted by molar-refractivity contribution is 6.30. The Labute approximate surface area is 278 Å². The molecule has 0 N–H and O–H groups in total. The van der Waals surface area contributed by atoms with Crippen molar-refractivity contribution in [3.63, 3.8) is 0 Å². The molecule has 0 spiro atoms. The van der Waals surface area contributed by atoms with Gasteiger partial charge >= 0.3 is 0 Å². The van der Waals surface area contributed by atoms with Crippen LogP contribution in [0.15, 0.2) is 66.7 Å². The SMILES string of the molecule is COc1cc(OC)c2c(c1OC)O[C@H]1c3c(OC)cc(OC)c(OC)c3O[C@H](c3ccc(Cl)cc3)[C@H]1[C@@H]2/C=C/c1ccc(Cl)cc1. The van der Waals surface area contributed by atoms with Crippen molar-refractivity contribution in [2.45, 2.75) is 18.1 Å². The van der Waals surface area contributed by atoms with Gasteiger partial charge in [0.15, 0.2) is 23.0 Å². The second-order valence-electron chi connectivity index (χ2n) is 10.8. The molecule has 0 aromatic heterocycles. The van der Waals surface area contributed by atoms with Gasteiger partial charge < -0.3 is 37.9 Å². The topological polar surface area (TPSA) is 73.8 Å². The van der Waals surface area contributed by atoms with Gasteiger partial charge in [-0.3, -0.25) is 0 Å². The van der Waals surface area contributed by atoms with E-state index in [-0.39, 0.29) is 11.8 Å². The second-order valence-corrected chi connectivity index (χ2v) is 11.6. The number of ether oxygens (including phenoxy) is 8. The average Bonchev–Trinajstić information content (AvgIpc) is 3.09. The molecule has 6 rings (SSSR count). The standard InChI is InChI=1S/C36H34Cl2O8/c1-39-24-17-26(41-3)32(43-5)35-28(24)23(16-9-19-7-12-21(37)13-8-19)29-31(20-10-14-22(38)15-11-20)45-36-30(34(29)46-35)25(40-2)18-27(42-4)33(36)44-6/h7-18,23,29,31,34H,1-6H3/b16-9+/t23-,29-,31-,34-/m1/s1. The molecule has 0 radical (unpaired) electrons. The van der Waals surface area contributed by atoms with E-state index in [0.717, 1.165) is 16.7 Å². The predicted octanol–water partition coefficient (Wildman–Crippen LogP) is 8.73. The summed E-state index contributed by atoms with van der Waals surface area (Å²) in [5, 5.41) is 1.27. The third kappa shape index (κ3) is 5.39. The molecule has 0 saturated heterocycles. The summed E-state index contributed by atoms with van der Waals surface area (Å²) < 4.78 is 49.1. The fraction of sp³-hybridized carbons (Fsp3) is 0.278. The number of fused-ring (bicyclic) bond motifs is 4. The molecule has 4 aromatic carbocycles. The number of allylic oxidation sites excluding steroid dienone is 1. The monoisotopic (exact) mass is 664 g/mol. The van der Waals surface area contributed by atoms with Crippen LogP contribution in [0.1, 0.15) is 40.4 Å². The van der Waals surface area contributed by atoms with Crippen molar-refractivity contribution < 1.29 is 37.9 Å². The lowest BCUT2D eigenvalue weighted by Crippen LogP contribution is -2.39. The summed E-state index contributed by atoms with van der Waals surface area (Å²) >= 11 is 12.5. The molecule has 0 saturated carbocycles. The normalized spacial score (nSPS) is 19.6. The Morgan fingerprint density at radius 2 is 1.04 bits per heavy atom. The molecule has 0 bridgehead atoms. The minimum absolute atomic E-state index is 0.328. The van der Waals surface area contributed by atoms with Crippen LogP contribution < -0.4 is 37.9 Å². The molecule has 2 aliphatic heterocycles. The van der Waals surface area contributed by atoms with Crippen LogP contribution in [-0.4, -0.2) is 42.7 Å². The Morgan fingerprint density at radius 3 is 1.57 bits per heavy atom. The first kappa shape index (κ1) is 31.6. The van der Waals surface area contributed by atoms with Crippen LogP contribution in [0.3, 0.4) is 0 Å². The number of halogens is 2. The van der Waals surface area contributed by atoms with Gasteiger partial charge in [-0.05, 0) is 35.4 Å². The first-order chi connectivity index (χ1) is 22.4. The molecule has 0 amide bonds. The smallest absolute Gasteiger partial charge is 0.204 e. The van der Waals surface area contributed by atoms with Crippen LogP contribution >= 0.6 is 23.2 Å². The van der Waals surface area contributed by atoms with Crippen LogP contribution in [0.5, 0.6) is 46.0 Å².